The number of aryl methyl sites for hydroxylation is 1. The van der Waals surface area contributed by atoms with Crippen LogP contribution in [0.5, 0.6) is 5.75 Å². The lowest BCUT2D eigenvalue weighted by Crippen LogP contribution is -2.40. The fourth-order valence-corrected chi connectivity index (χ4v) is 10.5. The summed E-state index contributed by atoms with van der Waals surface area (Å²) < 4.78 is 72.2. The number of ether oxygens (including phenoxy) is 6. The highest BCUT2D eigenvalue weighted by Crippen LogP contribution is 2.54. The monoisotopic (exact) mass is 1040 g/mol. The number of hydrogen-bond donors (Lipinski definition) is 1. The quantitative estimate of drug-likeness (QED) is 0.0356. The molecule has 1 N–H and O–H groups in total. The van der Waals surface area contributed by atoms with Gasteiger partial charge in [0.05, 0.1) is 43.8 Å². The molecule has 2 aliphatic rings. The molecule has 0 spiro atoms. The number of hydrogen-bond acceptors (Lipinski definition) is 15. The number of phosphoric acid groups is 1. The van der Waals surface area contributed by atoms with E-state index in [0.717, 1.165) is 24.8 Å². The molecule has 404 valence electrons. The van der Waals surface area contributed by atoms with Crippen molar-refractivity contribution in [2.24, 2.45) is 0 Å². The van der Waals surface area contributed by atoms with Crippen LogP contribution in [-0.2, 0) is 54.2 Å². The van der Waals surface area contributed by atoms with Crippen molar-refractivity contribution in [1.82, 2.24) is 14.6 Å². The Bertz CT molecular complexity index is 2500. The van der Waals surface area contributed by atoms with E-state index < -0.39 is 61.9 Å². The van der Waals surface area contributed by atoms with Crippen LogP contribution in [0.15, 0.2) is 67.0 Å². The molecule has 74 heavy (non-hydrogen) atoms. The summed E-state index contributed by atoms with van der Waals surface area (Å²) in [5.41, 5.74) is 0.0681. The number of benzene rings is 2. The second kappa shape index (κ2) is 28.3. The zero-order chi connectivity index (χ0) is 53.0. The molecule has 2 saturated heterocycles. The van der Waals surface area contributed by atoms with Gasteiger partial charge < -0.3 is 32.9 Å². The summed E-state index contributed by atoms with van der Waals surface area (Å²) in [5.74, 6) is -0.740. The number of amides is 1. The molecule has 1 amide bonds. The Labute approximate surface area is 438 Å². The van der Waals surface area contributed by atoms with Gasteiger partial charge in [0.1, 0.15) is 53.7 Å². The van der Waals surface area contributed by atoms with Crippen LogP contribution in [-0.4, -0.2) is 82.9 Å². The fraction of sp³-hybridized carbons (Fsp3) is 0.625. The molecule has 6 atom stereocenters. The van der Waals surface area contributed by atoms with E-state index in [1.807, 2.05) is 31.2 Å². The van der Waals surface area contributed by atoms with Crippen LogP contribution < -0.4 is 9.84 Å². The number of phosphoric ester groups is 1. The number of nitriles is 2. The maximum atomic E-state index is 15.0. The maximum absolute atomic E-state index is 15.0. The zero-order valence-electron chi connectivity index (χ0n) is 44.7. The molecule has 17 nitrogen and oxygen atoms in total. The van der Waals surface area contributed by atoms with Crippen LogP contribution in [0, 0.1) is 29.6 Å². The number of rotatable bonds is 32. The van der Waals surface area contributed by atoms with Gasteiger partial charge in [-0.15, -0.1) is 0 Å². The average Bonchev–Trinajstić information content (AvgIpc) is 4.04. The summed E-state index contributed by atoms with van der Waals surface area (Å²) in [6.45, 7) is 13.0. The fourth-order valence-electron chi connectivity index (χ4n) is 9.15. The third-order valence-electron chi connectivity index (χ3n) is 13.0. The highest BCUT2D eigenvalue weighted by Gasteiger charge is 2.65. The zero-order valence-corrected chi connectivity index (χ0v) is 45.6. The highest BCUT2D eigenvalue weighted by molar-refractivity contribution is 7.48. The predicted molar refractivity (Wildman–Crippen MR) is 280 cm³/mol. The molecule has 2 aromatic carbocycles. The molecule has 0 saturated carbocycles. The molecule has 6 rings (SSSR count). The minimum absolute atomic E-state index is 0.142. The second-order valence-electron chi connectivity index (χ2n) is 20.8. The lowest BCUT2D eigenvalue weighted by Gasteiger charge is -2.29. The van der Waals surface area contributed by atoms with E-state index in [9.17, 15) is 19.9 Å². The number of nitrogens with one attached hydrogen (secondary N) is 1. The van der Waals surface area contributed by atoms with Gasteiger partial charge in [0.25, 0.3) is 0 Å². The smallest absolute Gasteiger partial charge is 0.444 e. The van der Waals surface area contributed by atoms with Gasteiger partial charge >= 0.3 is 13.9 Å². The van der Waals surface area contributed by atoms with Gasteiger partial charge in [-0.25, -0.2) is 18.9 Å². The molecule has 2 aromatic heterocycles. The standard InChI is InChI=1S/C56H79N6O11P/c1-8-9-10-11-12-13-14-15-16-17-18-19-20-21-22-25-34-65-37-45(66-36-44-30-28-43(35-57)29-31-44)38-67-74(64,73-47-27-24-23-26-42(47)2)68-39-48-50-51(71-55(6,7)70-50)56(40-58,69-48)49-33-32-46-52(59-41-60-62(46)49)61-53(63)72-54(3,4)5/h23-24,26-33,41,45,48,50-51H,8-22,25,34,36-39H2,1-7H3,(H,59,60,61,63)/t45-,48-,50-,51-,56+,74?/m1/s1. The topological polar surface area (TPSA) is 207 Å². The van der Waals surface area contributed by atoms with E-state index in [2.05, 4.69) is 34.5 Å². The van der Waals surface area contributed by atoms with Crippen molar-refractivity contribution in [3.63, 3.8) is 0 Å². The molecular formula is C56H79N6O11P. The van der Waals surface area contributed by atoms with E-state index >= 15 is 0 Å². The summed E-state index contributed by atoms with van der Waals surface area (Å²) in [6, 6.07) is 21.9. The second-order valence-corrected chi connectivity index (χ2v) is 22.4. The lowest BCUT2D eigenvalue weighted by atomic mass is 9.92. The van der Waals surface area contributed by atoms with E-state index in [1.54, 1.807) is 71.0 Å². The summed E-state index contributed by atoms with van der Waals surface area (Å²) in [6.07, 6.45) is 17.3. The summed E-state index contributed by atoms with van der Waals surface area (Å²) in [4.78, 5) is 17.0. The van der Waals surface area contributed by atoms with Crippen LogP contribution in [0.3, 0.4) is 0 Å². The SMILES string of the molecule is CCCCCCCCCCCCCCCCCCOC[C@H](COP(=O)(OC[C@H]1O[C@@](C#N)(c2ccc3c(NC(=O)OC(C)(C)C)ncnn23)[C@@H]2OC(C)(C)O[C@@H]21)Oc1ccccc1C)OCc1ccc(C#N)cc1. The third kappa shape index (κ3) is 17.3. The summed E-state index contributed by atoms with van der Waals surface area (Å²) in [7, 11) is -4.52. The Morgan fingerprint density at radius 2 is 1.49 bits per heavy atom. The van der Waals surface area contributed by atoms with Gasteiger partial charge in [-0.2, -0.15) is 15.6 Å². The van der Waals surface area contributed by atoms with Crippen LogP contribution in [0.4, 0.5) is 10.6 Å². The van der Waals surface area contributed by atoms with Crippen molar-refractivity contribution in [1.29, 1.82) is 10.5 Å². The Hall–Kier alpha value is -4.94. The van der Waals surface area contributed by atoms with Gasteiger partial charge in [-0.3, -0.25) is 14.4 Å². The van der Waals surface area contributed by atoms with Crippen LogP contribution in [0.25, 0.3) is 5.52 Å². The molecular weight excluding hydrogens is 964 g/mol. The number of fused-ring (bicyclic) bond motifs is 2. The van der Waals surface area contributed by atoms with Gasteiger partial charge in [0.2, 0.25) is 5.60 Å². The molecule has 0 bridgehead atoms. The first-order chi connectivity index (χ1) is 35.6. The molecule has 0 aliphatic carbocycles. The normalized spacial score (nSPS) is 20.4. The largest absolute Gasteiger partial charge is 0.530 e. The molecule has 18 heteroatoms. The summed E-state index contributed by atoms with van der Waals surface area (Å²) in [5, 5.41) is 27.5. The molecule has 4 heterocycles. The minimum atomic E-state index is -4.52. The molecule has 0 radical (unpaired) electrons. The molecule has 2 aliphatic heterocycles. The number of anilines is 1. The van der Waals surface area contributed by atoms with Crippen LogP contribution in [0.2, 0.25) is 0 Å². The van der Waals surface area contributed by atoms with Gasteiger partial charge in [-0.05, 0) is 89.4 Å². The van der Waals surface area contributed by atoms with Crippen LogP contribution in [0.1, 0.15) is 167 Å². The highest BCUT2D eigenvalue weighted by atomic mass is 31.2. The number of carbonyl (C=O) groups is 1. The Balaban J connectivity index is 1.09. The molecule has 4 aromatic rings. The number of para-hydroxylation sites is 1. The van der Waals surface area contributed by atoms with Crippen molar-refractivity contribution >= 4 is 25.3 Å². The third-order valence-corrected chi connectivity index (χ3v) is 14.3. The minimum Gasteiger partial charge on any atom is -0.444 e. The number of nitrogens with zero attached hydrogens (tertiary/aromatic N) is 5. The lowest BCUT2D eigenvalue weighted by molar-refractivity contribution is -0.204. The average molecular weight is 1040 g/mol. The van der Waals surface area contributed by atoms with Gasteiger partial charge in [0.15, 0.2) is 11.6 Å². The van der Waals surface area contributed by atoms with E-state index in [0.29, 0.717) is 23.3 Å². The predicted octanol–water partition coefficient (Wildman–Crippen LogP) is 13.0. The number of aromatic nitrogens is 3. The summed E-state index contributed by atoms with van der Waals surface area (Å²) >= 11 is 0. The van der Waals surface area contributed by atoms with E-state index in [1.165, 1.54) is 94.3 Å². The van der Waals surface area contributed by atoms with Crippen molar-refractivity contribution < 1.29 is 51.4 Å². The van der Waals surface area contributed by atoms with Crippen molar-refractivity contribution in [2.75, 3.05) is 31.7 Å². The van der Waals surface area contributed by atoms with E-state index in [4.69, 9.17) is 42.0 Å². The maximum Gasteiger partial charge on any atom is 0.530 e. The number of carbonyl (C=O) groups excluding carboxylic acids is 1. The number of unbranched alkanes of at least 4 members (excludes halogenated alkanes) is 15. The first kappa shape index (κ1) is 58.3. The first-order valence-electron chi connectivity index (χ1n) is 26.7. The van der Waals surface area contributed by atoms with Crippen molar-refractivity contribution in [3.05, 3.63) is 89.4 Å². The van der Waals surface area contributed by atoms with Gasteiger partial charge in [0, 0.05) is 6.61 Å². The Morgan fingerprint density at radius 3 is 2.11 bits per heavy atom. The van der Waals surface area contributed by atoms with Crippen LogP contribution >= 0.6 is 7.82 Å². The van der Waals surface area contributed by atoms with E-state index in [-0.39, 0.29) is 37.1 Å². The first-order valence-corrected chi connectivity index (χ1v) is 28.1. The Kier molecular flexibility index (Phi) is 22.3. The molecule has 2 fully saturated rings. The van der Waals surface area contributed by atoms with Gasteiger partial charge in [-0.1, -0.05) is 134 Å². The molecule has 1 unspecified atom stereocenters. The van der Waals surface area contributed by atoms with Crippen molar-refractivity contribution in [2.45, 2.75) is 199 Å². The Morgan fingerprint density at radius 1 is 0.838 bits per heavy atom. The van der Waals surface area contributed by atoms with Crippen molar-refractivity contribution in [3.8, 4) is 17.9 Å².